The molecule has 0 saturated carbocycles. The number of aromatic nitrogens is 1. The van der Waals surface area contributed by atoms with Gasteiger partial charge < -0.3 is 9.47 Å². The van der Waals surface area contributed by atoms with Gasteiger partial charge in [-0.2, -0.15) is 5.26 Å². The van der Waals surface area contributed by atoms with Crippen molar-refractivity contribution in [3.63, 3.8) is 0 Å². The van der Waals surface area contributed by atoms with Crippen molar-refractivity contribution >= 4 is 11.3 Å². The van der Waals surface area contributed by atoms with Crippen LogP contribution in [0.2, 0.25) is 0 Å². The highest BCUT2D eigenvalue weighted by Crippen LogP contribution is 2.38. The van der Waals surface area contributed by atoms with Crippen LogP contribution in [0.3, 0.4) is 0 Å². The van der Waals surface area contributed by atoms with Crippen LogP contribution < -0.4 is 9.47 Å². The molecule has 0 bridgehead atoms. The van der Waals surface area contributed by atoms with Crippen LogP contribution in [0.1, 0.15) is 5.69 Å². The third-order valence-corrected chi connectivity index (χ3v) is 3.37. The molecule has 5 heteroatoms. The molecule has 0 spiro atoms. The summed E-state index contributed by atoms with van der Waals surface area (Å²) in [6.07, 6.45) is 0.322. The number of methoxy groups -OCH3 is 2. The maximum Gasteiger partial charge on any atom is 0.170 e. The molecule has 0 saturated heterocycles. The van der Waals surface area contributed by atoms with E-state index >= 15 is 0 Å². The Morgan fingerprint density at radius 2 is 2.17 bits per heavy atom. The lowest BCUT2D eigenvalue weighted by Crippen LogP contribution is -1.93. The summed E-state index contributed by atoms with van der Waals surface area (Å²) in [4.78, 5) is 4.41. The number of hydrogen-bond acceptors (Lipinski definition) is 5. The van der Waals surface area contributed by atoms with E-state index in [0.29, 0.717) is 17.9 Å². The van der Waals surface area contributed by atoms with Crippen molar-refractivity contribution in [2.24, 2.45) is 0 Å². The highest BCUT2D eigenvalue weighted by molar-refractivity contribution is 7.13. The van der Waals surface area contributed by atoms with Crippen LogP contribution >= 0.6 is 11.3 Å². The van der Waals surface area contributed by atoms with Crippen molar-refractivity contribution in [1.82, 2.24) is 4.98 Å². The summed E-state index contributed by atoms with van der Waals surface area (Å²) in [7, 11) is 3.20. The quantitative estimate of drug-likeness (QED) is 0.848. The molecule has 1 aromatic heterocycles. The molecule has 0 atom stereocenters. The lowest BCUT2D eigenvalue weighted by molar-refractivity contribution is 0.356. The minimum absolute atomic E-state index is 0.322. The monoisotopic (exact) mass is 260 g/mol. The van der Waals surface area contributed by atoms with Gasteiger partial charge in [-0.05, 0) is 12.1 Å². The van der Waals surface area contributed by atoms with Gasteiger partial charge in [0.25, 0.3) is 0 Å². The van der Waals surface area contributed by atoms with Crippen LogP contribution in [0.4, 0.5) is 0 Å². The van der Waals surface area contributed by atoms with Gasteiger partial charge in [0.1, 0.15) is 5.01 Å². The van der Waals surface area contributed by atoms with Gasteiger partial charge in [-0.25, -0.2) is 4.98 Å². The van der Waals surface area contributed by atoms with Crippen molar-refractivity contribution in [2.45, 2.75) is 6.42 Å². The third-order valence-electron chi connectivity index (χ3n) is 2.45. The fourth-order valence-corrected chi connectivity index (χ4v) is 2.49. The van der Waals surface area contributed by atoms with E-state index in [1.807, 2.05) is 23.6 Å². The standard InChI is InChI=1S/C13H12N2O2S/c1-16-11-5-3-4-10(12(11)17-2)13-15-9(6-7-14)8-18-13/h3-5,8H,6H2,1-2H3. The van der Waals surface area contributed by atoms with Gasteiger partial charge in [0.05, 0.1) is 38.0 Å². The molecule has 0 unspecified atom stereocenters. The molecule has 2 aromatic rings. The van der Waals surface area contributed by atoms with E-state index < -0.39 is 0 Å². The average Bonchev–Trinajstić information content (AvgIpc) is 2.86. The minimum Gasteiger partial charge on any atom is -0.493 e. The number of nitriles is 1. The zero-order valence-corrected chi connectivity index (χ0v) is 11.0. The summed E-state index contributed by atoms with van der Waals surface area (Å²) in [5.74, 6) is 1.34. The Bertz CT molecular complexity index is 587. The Morgan fingerprint density at radius 1 is 1.33 bits per heavy atom. The first-order valence-electron chi connectivity index (χ1n) is 5.33. The Labute approximate surface area is 109 Å². The molecular weight excluding hydrogens is 248 g/mol. The number of rotatable bonds is 4. The molecule has 0 amide bonds. The van der Waals surface area contributed by atoms with Crippen LogP contribution in [-0.2, 0) is 6.42 Å². The van der Waals surface area contributed by atoms with Crippen molar-refractivity contribution in [1.29, 1.82) is 5.26 Å². The van der Waals surface area contributed by atoms with E-state index in [9.17, 15) is 0 Å². The van der Waals surface area contributed by atoms with Crippen LogP contribution in [0.5, 0.6) is 11.5 Å². The molecule has 4 nitrogen and oxygen atoms in total. The molecule has 0 radical (unpaired) electrons. The van der Waals surface area contributed by atoms with Crippen molar-refractivity contribution in [2.75, 3.05) is 14.2 Å². The van der Waals surface area contributed by atoms with Crippen molar-refractivity contribution < 1.29 is 9.47 Å². The Morgan fingerprint density at radius 3 is 2.83 bits per heavy atom. The number of hydrogen-bond donors (Lipinski definition) is 0. The summed E-state index contributed by atoms with van der Waals surface area (Å²) in [6, 6.07) is 7.75. The molecule has 18 heavy (non-hydrogen) atoms. The molecule has 1 heterocycles. The first-order chi connectivity index (χ1) is 8.80. The summed E-state index contributed by atoms with van der Waals surface area (Å²) in [6.45, 7) is 0. The Balaban J connectivity index is 2.46. The lowest BCUT2D eigenvalue weighted by atomic mass is 10.2. The van der Waals surface area contributed by atoms with E-state index in [4.69, 9.17) is 14.7 Å². The predicted molar refractivity (Wildman–Crippen MR) is 70.0 cm³/mol. The lowest BCUT2D eigenvalue weighted by Gasteiger charge is -2.10. The van der Waals surface area contributed by atoms with Crippen molar-refractivity contribution in [3.8, 4) is 28.1 Å². The van der Waals surface area contributed by atoms with E-state index in [-0.39, 0.29) is 0 Å². The fourth-order valence-electron chi connectivity index (χ4n) is 1.65. The minimum atomic E-state index is 0.322. The largest absolute Gasteiger partial charge is 0.493 e. The smallest absolute Gasteiger partial charge is 0.170 e. The van der Waals surface area contributed by atoms with Gasteiger partial charge in [-0.1, -0.05) is 6.07 Å². The molecule has 92 valence electrons. The van der Waals surface area contributed by atoms with E-state index in [2.05, 4.69) is 11.1 Å². The fraction of sp³-hybridized carbons (Fsp3) is 0.231. The second-order valence-corrected chi connectivity index (χ2v) is 4.38. The molecule has 0 fully saturated rings. The maximum absolute atomic E-state index is 8.65. The Kier molecular flexibility index (Phi) is 3.80. The molecule has 0 aliphatic heterocycles. The number of ether oxygens (including phenoxy) is 2. The molecule has 0 aliphatic carbocycles. The second kappa shape index (κ2) is 5.52. The van der Waals surface area contributed by atoms with Gasteiger partial charge in [0.15, 0.2) is 11.5 Å². The normalized spacial score (nSPS) is 9.83. The summed E-state index contributed by atoms with van der Waals surface area (Å²) >= 11 is 1.49. The number of nitrogens with zero attached hydrogens (tertiary/aromatic N) is 2. The zero-order chi connectivity index (χ0) is 13.0. The van der Waals surface area contributed by atoms with Gasteiger partial charge >= 0.3 is 0 Å². The molecular formula is C13H12N2O2S. The number of benzene rings is 1. The van der Waals surface area contributed by atoms with Gasteiger partial charge in [0, 0.05) is 5.38 Å². The molecule has 0 aliphatic rings. The predicted octanol–water partition coefficient (Wildman–Crippen LogP) is 2.89. The highest BCUT2D eigenvalue weighted by atomic mass is 32.1. The summed E-state index contributed by atoms with van der Waals surface area (Å²) < 4.78 is 10.6. The topological polar surface area (TPSA) is 55.1 Å². The maximum atomic E-state index is 8.65. The molecule has 2 rings (SSSR count). The van der Waals surface area contributed by atoms with Crippen LogP contribution in [-0.4, -0.2) is 19.2 Å². The third kappa shape index (κ3) is 2.29. The summed E-state index contributed by atoms with van der Waals surface area (Å²) in [5.41, 5.74) is 1.66. The van der Waals surface area contributed by atoms with Crippen LogP contribution in [0.25, 0.3) is 10.6 Å². The molecule has 0 N–H and O–H groups in total. The van der Waals surface area contributed by atoms with E-state index in [0.717, 1.165) is 16.3 Å². The second-order valence-electron chi connectivity index (χ2n) is 3.52. The Hall–Kier alpha value is -2.06. The van der Waals surface area contributed by atoms with Gasteiger partial charge in [-0.15, -0.1) is 11.3 Å². The molecule has 1 aromatic carbocycles. The van der Waals surface area contributed by atoms with Gasteiger partial charge in [0.2, 0.25) is 0 Å². The SMILES string of the molecule is COc1cccc(-c2nc(CC#N)cs2)c1OC. The summed E-state index contributed by atoms with van der Waals surface area (Å²) in [5, 5.41) is 11.4. The first-order valence-corrected chi connectivity index (χ1v) is 6.20. The average molecular weight is 260 g/mol. The zero-order valence-electron chi connectivity index (χ0n) is 10.1. The van der Waals surface area contributed by atoms with Crippen LogP contribution in [0.15, 0.2) is 23.6 Å². The van der Waals surface area contributed by atoms with Gasteiger partial charge in [-0.3, -0.25) is 0 Å². The van der Waals surface area contributed by atoms with E-state index in [1.165, 1.54) is 11.3 Å². The van der Waals surface area contributed by atoms with Crippen molar-refractivity contribution in [3.05, 3.63) is 29.3 Å². The first kappa shape index (κ1) is 12.4. The number of thiazole rings is 1. The number of para-hydroxylation sites is 1. The van der Waals surface area contributed by atoms with Crippen LogP contribution in [0, 0.1) is 11.3 Å². The van der Waals surface area contributed by atoms with E-state index in [1.54, 1.807) is 14.2 Å². The highest BCUT2D eigenvalue weighted by Gasteiger charge is 2.14.